The molecule has 0 saturated heterocycles. The van der Waals surface area contributed by atoms with Gasteiger partial charge in [0.2, 0.25) is 5.91 Å². The van der Waals surface area contributed by atoms with Gasteiger partial charge in [-0.1, -0.05) is 42.5 Å². The summed E-state index contributed by atoms with van der Waals surface area (Å²) in [6.07, 6.45) is 0. The van der Waals surface area contributed by atoms with Gasteiger partial charge in [0.25, 0.3) is 5.91 Å². The summed E-state index contributed by atoms with van der Waals surface area (Å²) < 4.78 is 0. The zero-order chi connectivity index (χ0) is 23.6. The number of phenolic OH excluding ortho intramolecular Hbond substituents is 1. The average Bonchev–Trinajstić information content (AvgIpc) is 2.81. The third-order valence-electron chi connectivity index (χ3n) is 4.76. The SMILES string of the molecule is CC(=O)NCCNc1cc(NCCNC(=O)c2cccc(C)c2O)nc(-c2ccccc2)n1. The highest BCUT2D eigenvalue weighted by molar-refractivity contribution is 5.97. The van der Waals surface area contributed by atoms with E-state index in [2.05, 4.69) is 31.2 Å². The topological polar surface area (TPSA) is 128 Å². The largest absolute Gasteiger partial charge is 0.507 e. The Balaban J connectivity index is 1.63. The maximum absolute atomic E-state index is 12.4. The number of hydrogen-bond acceptors (Lipinski definition) is 7. The summed E-state index contributed by atoms with van der Waals surface area (Å²) in [5.74, 6) is 1.32. The van der Waals surface area contributed by atoms with Gasteiger partial charge in [0.15, 0.2) is 5.82 Å². The van der Waals surface area contributed by atoms with Crippen LogP contribution >= 0.6 is 0 Å². The number of aryl methyl sites for hydroxylation is 1. The number of nitrogens with zero attached hydrogens (tertiary/aromatic N) is 2. The van der Waals surface area contributed by atoms with E-state index in [0.29, 0.717) is 49.2 Å². The van der Waals surface area contributed by atoms with Gasteiger partial charge in [-0.3, -0.25) is 9.59 Å². The highest BCUT2D eigenvalue weighted by Crippen LogP contribution is 2.21. The summed E-state index contributed by atoms with van der Waals surface area (Å²) >= 11 is 0. The van der Waals surface area contributed by atoms with Crippen LogP contribution in [0.15, 0.2) is 54.6 Å². The van der Waals surface area contributed by atoms with E-state index in [0.717, 1.165) is 5.56 Å². The van der Waals surface area contributed by atoms with Gasteiger partial charge in [-0.15, -0.1) is 0 Å². The third kappa shape index (κ3) is 6.93. The highest BCUT2D eigenvalue weighted by Gasteiger charge is 2.12. The molecule has 3 aromatic rings. The molecule has 5 N–H and O–H groups in total. The number of carbonyl (C=O) groups is 2. The zero-order valence-electron chi connectivity index (χ0n) is 18.7. The average molecular weight is 449 g/mol. The number of nitrogens with one attached hydrogen (secondary N) is 4. The van der Waals surface area contributed by atoms with E-state index in [1.54, 1.807) is 31.2 Å². The molecule has 9 heteroatoms. The first-order valence-corrected chi connectivity index (χ1v) is 10.7. The fourth-order valence-electron chi connectivity index (χ4n) is 3.08. The number of para-hydroxylation sites is 1. The van der Waals surface area contributed by atoms with Crippen LogP contribution in [0.1, 0.15) is 22.8 Å². The van der Waals surface area contributed by atoms with Crippen molar-refractivity contribution in [1.82, 2.24) is 20.6 Å². The Labute approximate surface area is 192 Å². The molecule has 0 saturated carbocycles. The molecule has 0 atom stereocenters. The quantitative estimate of drug-likeness (QED) is 0.302. The Kier molecular flexibility index (Phi) is 8.18. The predicted octanol–water partition coefficient (Wildman–Crippen LogP) is 2.55. The van der Waals surface area contributed by atoms with Gasteiger partial charge >= 0.3 is 0 Å². The minimum Gasteiger partial charge on any atom is -0.507 e. The Hall–Kier alpha value is -4.14. The van der Waals surface area contributed by atoms with Crippen molar-refractivity contribution < 1.29 is 14.7 Å². The van der Waals surface area contributed by atoms with E-state index in [9.17, 15) is 14.7 Å². The molecule has 0 bridgehead atoms. The molecule has 1 aromatic heterocycles. The number of aromatic hydroxyl groups is 1. The fraction of sp³-hybridized carbons (Fsp3) is 0.250. The molecule has 0 fully saturated rings. The van der Waals surface area contributed by atoms with Gasteiger partial charge in [-0.25, -0.2) is 9.97 Å². The van der Waals surface area contributed by atoms with E-state index < -0.39 is 0 Å². The van der Waals surface area contributed by atoms with Gasteiger partial charge in [0, 0.05) is 44.7 Å². The van der Waals surface area contributed by atoms with Crippen molar-refractivity contribution in [2.24, 2.45) is 0 Å². The lowest BCUT2D eigenvalue weighted by Crippen LogP contribution is -2.29. The molecule has 0 unspecified atom stereocenters. The van der Waals surface area contributed by atoms with Crippen LogP contribution < -0.4 is 21.3 Å². The molecule has 3 rings (SSSR count). The van der Waals surface area contributed by atoms with Crippen molar-refractivity contribution in [3.05, 3.63) is 65.7 Å². The number of benzene rings is 2. The molecule has 172 valence electrons. The molecule has 1 heterocycles. The second kappa shape index (κ2) is 11.5. The maximum Gasteiger partial charge on any atom is 0.255 e. The van der Waals surface area contributed by atoms with E-state index in [1.807, 2.05) is 30.3 Å². The standard InChI is InChI=1S/C24H28N6O3/c1-16-7-6-10-19(22(16)32)24(33)28-14-13-27-21-15-20(26-12-11-25-17(2)31)29-23(30-21)18-8-4-3-5-9-18/h3-10,15,32H,11-14H2,1-2H3,(H,25,31)(H,28,33)(H2,26,27,29,30). The molecule has 33 heavy (non-hydrogen) atoms. The fourth-order valence-corrected chi connectivity index (χ4v) is 3.08. The molecular weight excluding hydrogens is 420 g/mol. The van der Waals surface area contributed by atoms with Gasteiger partial charge in [0.05, 0.1) is 5.56 Å². The van der Waals surface area contributed by atoms with Gasteiger partial charge in [0.1, 0.15) is 17.4 Å². The normalized spacial score (nSPS) is 10.4. The van der Waals surface area contributed by atoms with Crippen LogP contribution in [-0.4, -0.2) is 53.1 Å². The van der Waals surface area contributed by atoms with Crippen LogP contribution in [0.3, 0.4) is 0 Å². The molecule has 0 aliphatic heterocycles. The highest BCUT2D eigenvalue weighted by atomic mass is 16.3. The van der Waals surface area contributed by atoms with Crippen molar-refractivity contribution in [1.29, 1.82) is 0 Å². The van der Waals surface area contributed by atoms with Crippen LogP contribution in [-0.2, 0) is 4.79 Å². The van der Waals surface area contributed by atoms with Crippen molar-refractivity contribution in [2.75, 3.05) is 36.8 Å². The smallest absolute Gasteiger partial charge is 0.255 e. The van der Waals surface area contributed by atoms with Crippen molar-refractivity contribution >= 4 is 23.5 Å². The lowest BCUT2D eigenvalue weighted by molar-refractivity contribution is -0.118. The molecule has 0 aliphatic carbocycles. The van der Waals surface area contributed by atoms with Crippen LogP contribution in [0.2, 0.25) is 0 Å². The summed E-state index contributed by atoms with van der Waals surface area (Å²) in [5, 5.41) is 22.0. The van der Waals surface area contributed by atoms with Crippen LogP contribution in [0.5, 0.6) is 5.75 Å². The molecule has 2 amide bonds. The van der Waals surface area contributed by atoms with Crippen molar-refractivity contribution in [2.45, 2.75) is 13.8 Å². The number of phenols is 1. The van der Waals surface area contributed by atoms with Crippen LogP contribution in [0.4, 0.5) is 11.6 Å². The lowest BCUT2D eigenvalue weighted by Gasteiger charge is -2.13. The number of hydrogen-bond donors (Lipinski definition) is 5. The molecule has 9 nitrogen and oxygen atoms in total. The lowest BCUT2D eigenvalue weighted by atomic mass is 10.1. The minimum absolute atomic E-state index is 0.0127. The molecule has 0 spiro atoms. The zero-order valence-corrected chi connectivity index (χ0v) is 18.7. The Morgan fingerprint density at radius 2 is 1.48 bits per heavy atom. The number of anilines is 2. The predicted molar refractivity (Wildman–Crippen MR) is 128 cm³/mol. The first kappa shape index (κ1) is 23.5. The summed E-state index contributed by atoms with van der Waals surface area (Å²) in [6.45, 7) is 4.96. The number of rotatable bonds is 10. The summed E-state index contributed by atoms with van der Waals surface area (Å²) in [5.41, 5.74) is 1.76. The Morgan fingerprint density at radius 3 is 2.12 bits per heavy atom. The van der Waals surface area contributed by atoms with E-state index in [-0.39, 0.29) is 23.1 Å². The second-order valence-corrected chi connectivity index (χ2v) is 7.39. The summed E-state index contributed by atoms with van der Waals surface area (Å²) in [6, 6.07) is 16.4. The summed E-state index contributed by atoms with van der Waals surface area (Å²) in [7, 11) is 0. The van der Waals surface area contributed by atoms with Crippen molar-refractivity contribution in [3.63, 3.8) is 0 Å². The van der Waals surface area contributed by atoms with E-state index >= 15 is 0 Å². The van der Waals surface area contributed by atoms with E-state index in [1.165, 1.54) is 6.92 Å². The first-order chi connectivity index (χ1) is 15.9. The maximum atomic E-state index is 12.4. The monoisotopic (exact) mass is 448 g/mol. The first-order valence-electron chi connectivity index (χ1n) is 10.7. The van der Waals surface area contributed by atoms with Gasteiger partial charge < -0.3 is 26.4 Å². The Bertz CT molecular complexity index is 1100. The number of carbonyl (C=O) groups excluding carboxylic acids is 2. The molecule has 0 aliphatic rings. The number of aromatic nitrogens is 2. The minimum atomic E-state index is -0.342. The molecule has 2 aromatic carbocycles. The van der Waals surface area contributed by atoms with Crippen LogP contribution in [0.25, 0.3) is 11.4 Å². The van der Waals surface area contributed by atoms with Crippen LogP contribution in [0, 0.1) is 6.92 Å². The number of amides is 2. The Morgan fingerprint density at radius 1 is 0.848 bits per heavy atom. The third-order valence-corrected chi connectivity index (χ3v) is 4.76. The van der Waals surface area contributed by atoms with Gasteiger partial charge in [-0.05, 0) is 18.6 Å². The molecule has 0 radical (unpaired) electrons. The van der Waals surface area contributed by atoms with Gasteiger partial charge in [-0.2, -0.15) is 0 Å². The molecular formula is C24H28N6O3. The van der Waals surface area contributed by atoms with E-state index in [4.69, 9.17) is 0 Å². The van der Waals surface area contributed by atoms with Crippen molar-refractivity contribution in [3.8, 4) is 17.1 Å². The summed E-state index contributed by atoms with van der Waals surface area (Å²) in [4.78, 5) is 32.5. The second-order valence-electron chi connectivity index (χ2n) is 7.39.